The van der Waals surface area contributed by atoms with Crippen LogP contribution >= 0.6 is 0 Å². The number of sulfonamides is 1. The van der Waals surface area contributed by atoms with E-state index in [1.165, 1.54) is 13.2 Å². The summed E-state index contributed by atoms with van der Waals surface area (Å²) < 4.78 is 45.1. The summed E-state index contributed by atoms with van der Waals surface area (Å²) in [5.41, 5.74) is 0.460. The molecule has 1 aromatic heterocycles. The van der Waals surface area contributed by atoms with Crippen molar-refractivity contribution in [3.05, 3.63) is 35.4 Å². The molecule has 3 N–H and O–H groups in total. The number of nitrogens with one attached hydrogen (secondary N) is 2. The highest BCUT2D eigenvalue weighted by Gasteiger charge is 2.18. The number of methoxy groups -OCH3 is 1. The molecule has 31 heavy (non-hydrogen) atoms. The Hall–Kier alpha value is -2.53. The summed E-state index contributed by atoms with van der Waals surface area (Å²) in [5.74, 6) is 0.310. The topological polar surface area (TPSA) is 126 Å². The van der Waals surface area contributed by atoms with Gasteiger partial charge in [-0.15, -0.1) is 0 Å². The molecule has 2 atom stereocenters. The fourth-order valence-corrected chi connectivity index (χ4v) is 3.56. The van der Waals surface area contributed by atoms with Crippen LogP contribution < -0.4 is 14.8 Å². The lowest BCUT2D eigenvalue weighted by Gasteiger charge is -2.19. The Balaban J connectivity index is 2.33. The molecule has 0 saturated carbocycles. The van der Waals surface area contributed by atoms with Crippen molar-refractivity contribution in [2.45, 2.75) is 45.6 Å². The molecule has 0 radical (unpaired) electrons. The van der Waals surface area contributed by atoms with E-state index in [1.807, 2.05) is 20.8 Å². The Morgan fingerprint density at radius 3 is 2.39 bits per heavy atom. The van der Waals surface area contributed by atoms with E-state index >= 15 is 0 Å². The fraction of sp³-hybridized carbons (Fsp3) is 0.550. The number of ether oxygens (including phenoxy) is 1. The number of hydrogen-bond acceptors (Lipinski definition) is 8. The van der Waals surface area contributed by atoms with Gasteiger partial charge in [0.25, 0.3) is 0 Å². The van der Waals surface area contributed by atoms with Crippen molar-refractivity contribution < 1.29 is 22.7 Å². The Morgan fingerprint density at radius 2 is 1.84 bits per heavy atom. The Labute approximate surface area is 182 Å². The first-order chi connectivity index (χ1) is 14.5. The molecule has 0 saturated heterocycles. The molecule has 0 spiro atoms. The second-order valence-corrected chi connectivity index (χ2v) is 9.67. The average molecular weight is 456 g/mol. The van der Waals surface area contributed by atoms with Gasteiger partial charge in [-0.05, 0) is 29.9 Å². The van der Waals surface area contributed by atoms with Gasteiger partial charge < -0.3 is 15.2 Å². The monoisotopic (exact) mass is 455 g/mol. The average Bonchev–Trinajstić information content (AvgIpc) is 2.65. The molecule has 0 aliphatic rings. The van der Waals surface area contributed by atoms with Crippen molar-refractivity contribution in [2.24, 2.45) is 5.92 Å². The zero-order chi connectivity index (χ0) is 23.2. The number of aliphatic hydroxyl groups is 1. The predicted octanol–water partition coefficient (Wildman–Crippen LogP) is 2.56. The number of benzene rings is 1. The zero-order valence-electron chi connectivity index (χ0n) is 18.4. The highest BCUT2D eigenvalue weighted by Crippen LogP contribution is 2.26. The number of aromatic nitrogens is 3. The van der Waals surface area contributed by atoms with Crippen LogP contribution in [-0.2, 0) is 16.4 Å². The van der Waals surface area contributed by atoms with Crippen molar-refractivity contribution in [3.8, 4) is 5.75 Å². The third kappa shape index (κ3) is 7.91. The molecule has 9 nitrogen and oxygen atoms in total. The van der Waals surface area contributed by atoms with E-state index in [1.54, 1.807) is 12.1 Å². The largest absolute Gasteiger partial charge is 0.497 e. The van der Waals surface area contributed by atoms with Gasteiger partial charge in [-0.1, -0.05) is 26.8 Å². The van der Waals surface area contributed by atoms with Crippen molar-refractivity contribution in [1.82, 2.24) is 15.0 Å². The van der Waals surface area contributed by atoms with Gasteiger partial charge in [0.05, 0.1) is 26.0 Å². The number of nitrogens with zero attached hydrogens (tertiary/aromatic N) is 3. The van der Waals surface area contributed by atoms with E-state index < -0.39 is 15.8 Å². The van der Waals surface area contributed by atoms with Crippen LogP contribution in [0.25, 0.3) is 0 Å². The van der Waals surface area contributed by atoms with Crippen LogP contribution in [0.2, 0.25) is 0 Å². The lowest BCUT2D eigenvalue weighted by atomic mass is 9.97. The highest BCUT2D eigenvalue weighted by molar-refractivity contribution is 7.91. The number of halogens is 1. The maximum absolute atomic E-state index is 14.4. The third-order valence-corrected chi connectivity index (χ3v) is 5.05. The molecular weight excluding hydrogens is 425 g/mol. The normalized spacial score (nSPS) is 13.7. The number of rotatable bonds is 11. The summed E-state index contributed by atoms with van der Waals surface area (Å²) in [6.07, 6.45) is 1.90. The van der Waals surface area contributed by atoms with Gasteiger partial charge in [-0.25, -0.2) is 12.8 Å². The summed E-state index contributed by atoms with van der Waals surface area (Å²) in [5, 5.41) is 12.7. The molecule has 1 unspecified atom stereocenters. The first-order valence-corrected chi connectivity index (χ1v) is 11.8. The van der Waals surface area contributed by atoms with E-state index in [0.29, 0.717) is 23.7 Å². The minimum atomic E-state index is -3.61. The minimum absolute atomic E-state index is 0.137. The van der Waals surface area contributed by atoms with Gasteiger partial charge in [0.1, 0.15) is 17.4 Å². The molecule has 0 aliphatic heterocycles. The molecule has 2 rings (SSSR count). The lowest BCUT2D eigenvalue weighted by Crippen LogP contribution is -2.27. The van der Waals surface area contributed by atoms with E-state index in [2.05, 4.69) is 25.0 Å². The summed E-state index contributed by atoms with van der Waals surface area (Å²) in [4.78, 5) is 12.6. The molecule has 0 aliphatic carbocycles. The maximum atomic E-state index is 14.4. The predicted molar refractivity (Wildman–Crippen MR) is 117 cm³/mol. The Bertz CT molecular complexity index is 988. The molecule has 1 heterocycles. The van der Waals surface area contributed by atoms with Crippen molar-refractivity contribution >= 4 is 21.9 Å². The van der Waals surface area contributed by atoms with Crippen LogP contribution in [0.5, 0.6) is 5.75 Å². The smallest absolute Gasteiger partial charge is 0.241 e. The molecule has 1 aromatic carbocycles. The molecule has 11 heteroatoms. The van der Waals surface area contributed by atoms with Gasteiger partial charge in [0, 0.05) is 12.5 Å². The quantitative estimate of drug-likeness (QED) is 0.472. The van der Waals surface area contributed by atoms with Crippen LogP contribution in [0.15, 0.2) is 18.2 Å². The van der Waals surface area contributed by atoms with Gasteiger partial charge in [-0.2, -0.15) is 15.0 Å². The van der Waals surface area contributed by atoms with Gasteiger partial charge in [-0.3, -0.25) is 4.72 Å². The molecule has 0 fully saturated rings. The number of hydrogen-bond donors (Lipinski definition) is 3. The molecule has 0 amide bonds. The Morgan fingerprint density at radius 1 is 1.16 bits per heavy atom. The summed E-state index contributed by atoms with van der Waals surface area (Å²) in [6.45, 7) is 5.72. The van der Waals surface area contributed by atoms with Crippen LogP contribution in [0, 0.1) is 11.7 Å². The maximum Gasteiger partial charge on any atom is 0.241 e. The number of anilines is 2. The first-order valence-electron chi connectivity index (χ1n) is 9.94. The fourth-order valence-electron chi connectivity index (χ4n) is 3.14. The highest BCUT2D eigenvalue weighted by atomic mass is 32.2. The van der Waals surface area contributed by atoms with Crippen LogP contribution in [-0.4, -0.2) is 54.5 Å². The van der Waals surface area contributed by atoms with Crippen molar-refractivity contribution in [2.75, 3.05) is 30.0 Å². The van der Waals surface area contributed by atoms with Crippen LogP contribution in [0.3, 0.4) is 0 Å². The summed E-state index contributed by atoms with van der Waals surface area (Å²) >= 11 is 0. The molecule has 172 valence electrons. The minimum Gasteiger partial charge on any atom is -0.497 e. The summed E-state index contributed by atoms with van der Waals surface area (Å²) in [6, 6.07) is 4.31. The first kappa shape index (κ1) is 24.7. The number of aliphatic hydroxyl groups excluding tert-OH is 1. The molecule has 2 aromatic rings. The van der Waals surface area contributed by atoms with Crippen molar-refractivity contribution in [1.29, 1.82) is 0 Å². The summed E-state index contributed by atoms with van der Waals surface area (Å²) in [7, 11) is -2.15. The SMILES string of the molecule is COc1ccc(C(C)Cc2nc(N[C@@H](CO)CC(C)C)nc(NS(C)(=O)=O)n2)c(F)c1. The van der Waals surface area contributed by atoms with E-state index in [9.17, 15) is 17.9 Å². The Kier molecular flexibility index (Phi) is 8.52. The standard InChI is InChI=1S/C20H30FN5O4S/c1-12(2)8-14(11-27)22-19-23-18(24-20(25-19)26-31(5,28)29)9-13(3)16-7-6-15(30-4)10-17(16)21/h6-7,10,12-14,27H,8-9,11H2,1-5H3,(H2,22,23,24,25,26)/t13?,14-/m1/s1. The second-order valence-electron chi connectivity index (χ2n) is 7.92. The van der Waals surface area contributed by atoms with Gasteiger partial charge in [0.15, 0.2) is 0 Å². The second kappa shape index (κ2) is 10.7. The van der Waals surface area contributed by atoms with Crippen LogP contribution in [0.4, 0.5) is 16.3 Å². The molecular formula is C20H30FN5O4S. The van der Waals surface area contributed by atoms with Crippen molar-refractivity contribution in [3.63, 3.8) is 0 Å². The zero-order valence-corrected chi connectivity index (χ0v) is 19.2. The van der Waals surface area contributed by atoms with E-state index in [4.69, 9.17) is 4.74 Å². The van der Waals surface area contributed by atoms with E-state index in [-0.39, 0.29) is 42.7 Å². The lowest BCUT2D eigenvalue weighted by molar-refractivity contribution is 0.259. The van der Waals surface area contributed by atoms with E-state index in [0.717, 1.165) is 6.26 Å². The third-order valence-electron chi connectivity index (χ3n) is 4.50. The van der Waals surface area contributed by atoms with Gasteiger partial charge >= 0.3 is 0 Å². The van der Waals surface area contributed by atoms with Gasteiger partial charge in [0.2, 0.25) is 21.9 Å². The molecule has 0 bridgehead atoms. The van der Waals surface area contributed by atoms with Crippen LogP contribution in [0.1, 0.15) is 44.5 Å².